The van der Waals surface area contributed by atoms with E-state index in [1.54, 1.807) is 8.61 Å². The maximum absolute atomic E-state index is 12.8. The van der Waals surface area contributed by atoms with Crippen LogP contribution in [0.1, 0.15) is 13.3 Å². The molecule has 0 radical (unpaired) electrons. The van der Waals surface area contributed by atoms with E-state index in [0.29, 0.717) is 44.7 Å². The summed E-state index contributed by atoms with van der Waals surface area (Å²) in [7, 11) is -3.31. The van der Waals surface area contributed by atoms with Gasteiger partial charge in [0, 0.05) is 25.7 Å². The molecule has 3 saturated heterocycles. The average molecular weight is 289 g/mol. The third kappa shape index (κ3) is 2.31. The van der Waals surface area contributed by atoms with E-state index in [9.17, 15) is 8.42 Å². The van der Waals surface area contributed by atoms with Gasteiger partial charge in [0.05, 0.1) is 13.2 Å². The van der Waals surface area contributed by atoms with Crippen LogP contribution < -0.4 is 5.32 Å². The van der Waals surface area contributed by atoms with Crippen molar-refractivity contribution in [1.29, 1.82) is 0 Å². The van der Waals surface area contributed by atoms with Crippen LogP contribution in [0.4, 0.5) is 0 Å². The Labute approximate surface area is 115 Å². The Morgan fingerprint density at radius 3 is 2.68 bits per heavy atom. The Hall–Kier alpha value is -0.210. The van der Waals surface area contributed by atoms with E-state index in [1.165, 1.54) is 0 Å². The highest BCUT2D eigenvalue weighted by atomic mass is 32.2. The van der Waals surface area contributed by atoms with Crippen LogP contribution in [-0.4, -0.2) is 69.0 Å². The summed E-state index contributed by atoms with van der Waals surface area (Å²) in [6, 6.07) is 0.160. The van der Waals surface area contributed by atoms with Gasteiger partial charge in [0.25, 0.3) is 10.2 Å². The van der Waals surface area contributed by atoms with Crippen molar-refractivity contribution in [2.45, 2.75) is 19.4 Å². The highest BCUT2D eigenvalue weighted by molar-refractivity contribution is 7.86. The van der Waals surface area contributed by atoms with Crippen molar-refractivity contribution in [1.82, 2.24) is 13.9 Å². The fourth-order valence-corrected chi connectivity index (χ4v) is 5.62. The number of rotatable bonds is 3. The SMILES string of the molecule is CCC1C2CNCC2CN1S(=O)(=O)N1CCOCC1. The van der Waals surface area contributed by atoms with Crippen LogP contribution in [-0.2, 0) is 14.9 Å². The predicted octanol–water partition coefficient (Wildman–Crippen LogP) is -0.507. The zero-order valence-electron chi connectivity index (χ0n) is 11.4. The minimum atomic E-state index is -3.31. The first-order valence-electron chi connectivity index (χ1n) is 7.20. The number of hydrogen-bond donors (Lipinski definition) is 1. The zero-order chi connectivity index (χ0) is 13.5. The van der Waals surface area contributed by atoms with Gasteiger partial charge in [0.2, 0.25) is 0 Å². The molecule has 3 atom stereocenters. The molecular weight excluding hydrogens is 266 g/mol. The van der Waals surface area contributed by atoms with Crippen LogP contribution in [0.2, 0.25) is 0 Å². The largest absolute Gasteiger partial charge is 0.379 e. The van der Waals surface area contributed by atoms with Crippen LogP contribution in [0.15, 0.2) is 0 Å². The van der Waals surface area contributed by atoms with E-state index in [0.717, 1.165) is 19.5 Å². The lowest BCUT2D eigenvalue weighted by Crippen LogP contribution is -2.51. The summed E-state index contributed by atoms with van der Waals surface area (Å²) >= 11 is 0. The van der Waals surface area contributed by atoms with Gasteiger partial charge >= 0.3 is 0 Å². The lowest BCUT2D eigenvalue weighted by molar-refractivity contribution is 0.0696. The average Bonchev–Trinajstić information content (AvgIpc) is 2.99. The number of ether oxygens (including phenoxy) is 1. The molecule has 0 saturated carbocycles. The molecule has 3 fully saturated rings. The van der Waals surface area contributed by atoms with Crippen molar-refractivity contribution in [3.63, 3.8) is 0 Å². The molecule has 0 aromatic heterocycles. The fourth-order valence-electron chi connectivity index (χ4n) is 3.68. The van der Waals surface area contributed by atoms with Crippen LogP contribution in [0.5, 0.6) is 0 Å². The second-order valence-electron chi connectivity index (χ2n) is 5.65. The molecule has 3 unspecified atom stereocenters. The van der Waals surface area contributed by atoms with Crippen molar-refractivity contribution >= 4 is 10.2 Å². The molecule has 0 aliphatic carbocycles. The van der Waals surface area contributed by atoms with Crippen LogP contribution >= 0.6 is 0 Å². The number of morpholine rings is 1. The van der Waals surface area contributed by atoms with Crippen molar-refractivity contribution in [2.75, 3.05) is 45.9 Å². The Balaban J connectivity index is 1.80. The summed E-state index contributed by atoms with van der Waals surface area (Å²) in [5.74, 6) is 0.974. The summed E-state index contributed by atoms with van der Waals surface area (Å²) in [4.78, 5) is 0. The van der Waals surface area contributed by atoms with Gasteiger partial charge in [-0.2, -0.15) is 17.0 Å². The van der Waals surface area contributed by atoms with Gasteiger partial charge in [-0.25, -0.2) is 0 Å². The van der Waals surface area contributed by atoms with Crippen molar-refractivity contribution in [3.05, 3.63) is 0 Å². The molecule has 0 amide bonds. The monoisotopic (exact) mass is 289 g/mol. The molecule has 7 heteroatoms. The molecule has 19 heavy (non-hydrogen) atoms. The molecule has 0 bridgehead atoms. The highest BCUT2D eigenvalue weighted by Crippen LogP contribution is 2.36. The molecule has 3 rings (SSSR count). The maximum Gasteiger partial charge on any atom is 0.282 e. The minimum absolute atomic E-state index is 0.160. The molecule has 0 aromatic carbocycles. The van der Waals surface area contributed by atoms with E-state index >= 15 is 0 Å². The van der Waals surface area contributed by atoms with Crippen molar-refractivity contribution in [2.24, 2.45) is 11.8 Å². The minimum Gasteiger partial charge on any atom is -0.379 e. The Kier molecular flexibility index (Phi) is 3.83. The molecule has 3 heterocycles. The highest BCUT2D eigenvalue weighted by Gasteiger charge is 2.49. The van der Waals surface area contributed by atoms with Gasteiger partial charge in [0.1, 0.15) is 0 Å². The Morgan fingerprint density at radius 2 is 2.00 bits per heavy atom. The summed E-state index contributed by atoms with van der Waals surface area (Å²) in [6.07, 6.45) is 0.895. The van der Waals surface area contributed by atoms with Gasteiger partial charge in [-0.05, 0) is 31.3 Å². The molecular formula is C12H23N3O3S. The van der Waals surface area contributed by atoms with E-state index in [1.807, 2.05) is 0 Å². The number of nitrogens with one attached hydrogen (secondary N) is 1. The molecule has 110 valence electrons. The molecule has 3 aliphatic heterocycles. The lowest BCUT2D eigenvalue weighted by Gasteiger charge is -2.33. The van der Waals surface area contributed by atoms with E-state index in [-0.39, 0.29) is 6.04 Å². The lowest BCUT2D eigenvalue weighted by atomic mass is 9.93. The third-order valence-corrected chi connectivity index (χ3v) is 6.71. The molecule has 3 aliphatic rings. The molecule has 1 N–H and O–H groups in total. The normalized spacial score (nSPS) is 37.6. The molecule has 0 aromatic rings. The summed E-state index contributed by atoms with van der Waals surface area (Å²) < 4.78 is 34.1. The fraction of sp³-hybridized carbons (Fsp3) is 1.00. The first kappa shape index (κ1) is 13.8. The molecule has 6 nitrogen and oxygen atoms in total. The first-order valence-corrected chi connectivity index (χ1v) is 8.59. The van der Waals surface area contributed by atoms with Crippen molar-refractivity contribution in [3.8, 4) is 0 Å². The van der Waals surface area contributed by atoms with Crippen LogP contribution in [0.3, 0.4) is 0 Å². The smallest absolute Gasteiger partial charge is 0.282 e. The van der Waals surface area contributed by atoms with E-state index in [4.69, 9.17) is 4.74 Å². The topological polar surface area (TPSA) is 61.9 Å². The third-order valence-electron chi connectivity index (χ3n) is 4.68. The summed E-state index contributed by atoms with van der Waals surface area (Å²) in [6.45, 7) is 6.68. The number of hydrogen-bond acceptors (Lipinski definition) is 4. The van der Waals surface area contributed by atoms with Gasteiger partial charge in [0.15, 0.2) is 0 Å². The second kappa shape index (κ2) is 5.29. The maximum atomic E-state index is 12.8. The van der Waals surface area contributed by atoms with Gasteiger partial charge in [-0.1, -0.05) is 6.92 Å². The van der Waals surface area contributed by atoms with Gasteiger partial charge in [-0.15, -0.1) is 0 Å². The number of nitrogens with zero attached hydrogens (tertiary/aromatic N) is 2. The summed E-state index contributed by atoms with van der Waals surface area (Å²) in [5, 5.41) is 3.39. The number of fused-ring (bicyclic) bond motifs is 1. The second-order valence-corrected chi connectivity index (χ2v) is 7.53. The van der Waals surface area contributed by atoms with Gasteiger partial charge < -0.3 is 10.1 Å². The zero-order valence-corrected chi connectivity index (χ0v) is 12.2. The van der Waals surface area contributed by atoms with E-state index < -0.39 is 10.2 Å². The van der Waals surface area contributed by atoms with Crippen molar-refractivity contribution < 1.29 is 13.2 Å². The Morgan fingerprint density at radius 1 is 1.26 bits per heavy atom. The Bertz CT molecular complexity index is 422. The first-order chi connectivity index (χ1) is 9.14. The summed E-state index contributed by atoms with van der Waals surface area (Å²) in [5.41, 5.74) is 0. The standard InChI is InChI=1S/C12H23N3O3S/c1-2-12-11-8-13-7-10(11)9-15(12)19(16,17)14-3-5-18-6-4-14/h10-13H,2-9H2,1H3. The van der Waals surface area contributed by atoms with Crippen LogP contribution in [0.25, 0.3) is 0 Å². The quantitative estimate of drug-likeness (QED) is 0.760. The van der Waals surface area contributed by atoms with E-state index in [2.05, 4.69) is 12.2 Å². The molecule has 0 spiro atoms. The van der Waals surface area contributed by atoms with Gasteiger partial charge in [-0.3, -0.25) is 0 Å². The van der Waals surface area contributed by atoms with Crippen LogP contribution in [0, 0.1) is 11.8 Å². The predicted molar refractivity (Wildman–Crippen MR) is 71.9 cm³/mol.